The van der Waals surface area contributed by atoms with E-state index in [0.29, 0.717) is 5.82 Å². The van der Waals surface area contributed by atoms with Crippen molar-refractivity contribution in [2.24, 2.45) is 5.73 Å². The predicted molar refractivity (Wildman–Crippen MR) is 87.5 cm³/mol. The molecule has 0 aliphatic heterocycles. The number of carbonyl (C=O) groups excluding carboxylic acids is 3. The van der Waals surface area contributed by atoms with Crippen molar-refractivity contribution in [3.05, 3.63) is 11.7 Å². The minimum Gasteiger partial charge on any atom is -0.370 e. The normalized spacial score (nSPS) is 12.8. The summed E-state index contributed by atoms with van der Waals surface area (Å²) in [7, 11) is 0. The summed E-state index contributed by atoms with van der Waals surface area (Å²) in [5.74, 6) is -5.18. The van der Waals surface area contributed by atoms with E-state index in [1.165, 1.54) is 0 Å². The van der Waals surface area contributed by atoms with Gasteiger partial charge in [-0.05, 0) is 6.42 Å². The predicted octanol–water partition coefficient (Wildman–Crippen LogP) is 1.95. The molecule has 1 rings (SSSR count). The van der Waals surface area contributed by atoms with Gasteiger partial charge in [-0.1, -0.05) is 25.9 Å². The fraction of sp³-hybridized carbons (Fsp3) is 0.688. The summed E-state index contributed by atoms with van der Waals surface area (Å²) in [6.45, 7) is 5.32. The minimum atomic E-state index is -3.18. The molecular weight excluding hydrogens is 350 g/mol. The lowest BCUT2D eigenvalue weighted by molar-refractivity contribution is -0.124. The third-order valence-electron chi connectivity index (χ3n) is 3.68. The van der Waals surface area contributed by atoms with Crippen LogP contribution in [0.15, 0.2) is 4.52 Å². The Balaban J connectivity index is 2.59. The van der Waals surface area contributed by atoms with E-state index in [0.717, 1.165) is 0 Å². The number of nitrogens with zero attached hydrogens (tertiary/aromatic N) is 2. The van der Waals surface area contributed by atoms with Crippen LogP contribution < -0.4 is 11.1 Å². The summed E-state index contributed by atoms with van der Waals surface area (Å²) in [5.41, 5.74) is 4.84. The smallest absolute Gasteiger partial charge is 0.296 e. The van der Waals surface area contributed by atoms with Crippen molar-refractivity contribution in [3.8, 4) is 0 Å². The van der Waals surface area contributed by atoms with Crippen molar-refractivity contribution >= 4 is 17.6 Å². The van der Waals surface area contributed by atoms with Gasteiger partial charge in [0.05, 0.1) is 6.04 Å². The molecule has 0 saturated heterocycles. The van der Waals surface area contributed by atoms with Crippen molar-refractivity contribution in [1.82, 2.24) is 15.5 Å². The zero-order valence-electron chi connectivity index (χ0n) is 15.1. The zero-order valence-corrected chi connectivity index (χ0v) is 15.1. The second-order valence-electron chi connectivity index (χ2n) is 6.33. The summed E-state index contributed by atoms with van der Waals surface area (Å²) in [6.07, 6.45) is -2.17. The van der Waals surface area contributed by atoms with Crippen LogP contribution in [0.25, 0.3) is 0 Å². The van der Waals surface area contributed by atoms with E-state index in [9.17, 15) is 23.2 Å². The van der Waals surface area contributed by atoms with Crippen molar-refractivity contribution < 1.29 is 27.7 Å². The molecule has 1 atom stereocenters. The fourth-order valence-electron chi connectivity index (χ4n) is 2.07. The number of nitrogens with one attached hydrogen (secondary N) is 1. The number of primary amides is 1. The molecule has 0 radical (unpaired) electrons. The highest BCUT2D eigenvalue weighted by Gasteiger charge is 2.31. The molecule has 146 valence electrons. The lowest BCUT2D eigenvalue weighted by Gasteiger charge is -2.17. The molecule has 0 unspecified atom stereocenters. The molecule has 0 aromatic carbocycles. The highest BCUT2D eigenvalue weighted by molar-refractivity contribution is 5.98. The van der Waals surface area contributed by atoms with Gasteiger partial charge >= 0.3 is 0 Å². The summed E-state index contributed by atoms with van der Waals surface area (Å²) in [6, 6.07) is -0.942. The monoisotopic (exact) mass is 374 g/mol. The van der Waals surface area contributed by atoms with Crippen LogP contribution >= 0.6 is 0 Å². The highest BCUT2D eigenvalue weighted by atomic mass is 19.3. The first kappa shape index (κ1) is 21.7. The van der Waals surface area contributed by atoms with Gasteiger partial charge in [-0.25, -0.2) is 8.78 Å². The standard InChI is InChI=1S/C16H24F2N4O4/c1-4-10(13(25)15-21-14(9(2)3)22-26-15)20-12(24)6-8-16(17,18)7-5-11(19)23/h9-10H,4-8H2,1-3H3,(H2,19,23)(H,20,24)/t10-/m0/s1. The van der Waals surface area contributed by atoms with Crippen LogP contribution in [-0.2, 0) is 9.59 Å². The topological polar surface area (TPSA) is 128 Å². The van der Waals surface area contributed by atoms with Crippen LogP contribution in [0.4, 0.5) is 8.78 Å². The minimum absolute atomic E-state index is 0.0300. The summed E-state index contributed by atoms with van der Waals surface area (Å²) in [5, 5.41) is 6.08. The van der Waals surface area contributed by atoms with Crippen molar-refractivity contribution in [2.75, 3.05) is 0 Å². The van der Waals surface area contributed by atoms with Crippen LogP contribution in [0.3, 0.4) is 0 Å². The first-order valence-electron chi connectivity index (χ1n) is 8.39. The van der Waals surface area contributed by atoms with E-state index in [-0.39, 0.29) is 18.2 Å². The quantitative estimate of drug-likeness (QED) is 0.570. The van der Waals surface area contributed by atoms with E-state index in [1.54, 1.807) is 6.92 Å². The Kier molecular flexibility index (Phi) is 7.78. The number of halogens is 2. The SMILES string of the molecule is CC[C@H](NC(=O)CCC(F)(F)CCC(N)=O)C(=O)c1nc(C(C)C)no1. The van der Waals surface area contributed by atoms with Crippen LogP contribution in [0, 0.1) is 0 Å². The molecule has 26 heavy (non-hydrogen) atoms. The fourth-order valence-corrected chi connectivity index (χ4v) is 2.07. The van der Waals surface area contributed by atoms with Crippen LogP contribution in [0.1, 0.15) is 75.3 Å². The molecule has 0 fully saturated rings. The van der Waals surface area contributed by atoms with Crippen molar-refractivity contribution in [3.63, 3.8) is 0 Å². The average Bonchev–Trinajstić information content (AvgIpc) is 3.06. The maximum Gasteiger partial charge on any atom is 0.296 e. The number of ketones is 1. The number of hydrogen-bond acceptors (Lipinski definition) is 6. The first-order valence-corrected chi connectivity index (χ1v) is 8.39. The second kappa shape index (κ2) is 9.35. The first-order chi connectivity index (χ1) is 12.1. The van der Waals surface area contributed by atoms with Gasteiger partial charge in [-0.2, -0.15) is 4.98 Å². The van der Waals surface area contributed by atoms with Gasteiger partial charge in [0.2, 0.25) is 23.5 Å². The maximum atomic E-state index is 13.6. The molecule has 2 amide bonds. The van der Waals surface area contributed by atoms with Gasteiger partial charge in [0.25, 0.3) is 5.89 Å². The number of alkyl halides is 2. The van der Waals surface area contributed by atoms with Gasteiger partial charge in [0.1, 0.15) is 0 Å². The number of rotatable bonds is 11. The number of Topliss-reactive ketones (excluding diaryl/α,β-unsaturated/α-hetero) is 1. The molecule has 0 saturated carbocycles. The molecule has 0 spiro atoms. The Morgan fingerprint density at radius 1 is 1.23 bits per heavy atom. The lowest BCUT2D eigenvalue weighted by Crippen LogP contribution is -2.41. The van der Waals surface area contributed by atoms with Crippen molar-refractivity contribution in [2.45, 2.75) is 70.8 Å². The Hall–Kier alpha value is -2.39. The molecule has 0 aliphatic rings. The Morgan fingerprint density at radius 3 is 2.35 bits per heavy atom. The Morgan fingerprint density at radius 2 is 1.85 bits per heavy atom. The zero-order chi connectivity index (χ0) is 19.9. The van der Waals surface area contributed by atoms with Crippen molar-refractivity contribution in [1.29, 1.82) is 0 Å². The molecule has 10 heteroatoms. The number of carbonyl (C=O) groups is 3. The summed E-state index contributed by atoms with van der Waals surface area (Å²) < 4.78 is 32.1. The number of nitrogens with two attached hydrogens (primary N) is 1. The largest absolute Gasteiger partial charge is 0.370 e. The molecule has 0 bridgehead atoms. The Labute approximate surface area is 149 Å². The molecular formula is C16H24F2N4O4. The van der Waals surface area contributed by atoms with Gasteiger partial charge < -0.3 is 15.6 Å². The summed E-state index contributed by atoms with van der Waals surface area (Å²) >= 11 is 0. The molecule has 1 heterocycles. The molecule has 3 N–H and O–H groups in total. The molecule has 0 aliphatic carbocycles. The molecule has 1 aromatic heterocycles. The second-order valence-corrected chi connectivity index (χ2v) is 6.33. The van der Waals surface area contributed by atoms with Gasteiger partial charge in [0, 0.05) is 31.6 Å². The summed E-state index contributed by atoms with van der Waals surface area (Å²) in [4.78, 5) is 38.8. The third-order valence-corrected chi connectivity index (χ3v) is 3.68. The third kappa shape index (κ3) is 6.85. The average molecular weight is 374 g/mol. The number of aromatic nitrogens is 2. The number of hydrogen-bond donors (Lipinski definition) is 2. The van der Waals surface area contributed by atoms with Crippen LogP contribution in [0.5, 0.6) is 0 Å². The number of amides is 2. The highest BCUT2D eigenvalue weighted by Crippen LogP contribution is 2.26. The molecule has 1 aromatic rings. The van der Waals surface area contributed by atoms with E-state index >= 15 is 0 Å². The van der Waals surface area contributed by atoms with E-state index in [1.807, 2.05) is 13.8 Å². The lowest BCUT2D eigenvalue weighted by atomic mass is 10.1. The maximum absolute atomic E-state index is 13.6. The van der Waals surface area contributed by atoms with E-state index in [4.69, 9.17) is 10.3 Å². The van der Waals surface area contributed by atoms with Crippen LogP contribution in [0.2, 0.25) is 0 Å². The van der Waals surface area contributed by atoms with Gasteiger partial charge in [0.15, 0.2) is 5.82 Å². The van der Waals surface area contributed by atoms with Crippen LogP contribution in [-0.4, -0.2) is 39.7 Å². The van der Waals surface area contributed by atoms with Gasteiger partial charge in [-0.3, -0.25) is 14.4 Å². The van der Waals surface area contributed by atoms with E-state index in [2.05, 4.69) is 15.5 Å². The Bertz CT molecular complexity index is 646. The van der Waals surface area contributed by atoms with Gasteiger partial charge in [-0.15, -0.1) is 0 Å². The molecule has 8 nitrogen and oxygen atoms in total. The van der Waals surface area contributed by atoms with E-state index < -0.39 is 55.2 Å².